The molecule has 7 nitrogen and oxygen atoms in total. The Morgan fingerprint density at radius 2 is 2.21 bits per heavy atom. The highest BCUT2D eigenvalue weighted by Gasteiger charge is 2.16. The average Bonchev–Trinajstić information content (AvgIpc) is 3.01. The van der Waals surface area contributed by atoms with Crippen LogP contribution >= 0.6 is 11.8 Å². The maximum Gasteiger partial charge on any atom is 0.233 e. The lowest BCUT2D eigenvalue weighted by atomic mass is 10.2. The molecule has 2 aromatic rings. The van der Waals surface area contributed by atoms with Crippen molar-refractivity contribution in [3.05, 3.63) is 35.7 Å². The summed E-state index contributed by atoms with van der Waals surface area (Å²) in [5.41, 5.74) is 1.06. The Kier molecular flexibility index (Phi) is 7.07. The first-order valence-corrected chi connectivity index (χ1v) is 8.51. The molecule has 0 fully saturated rings. The zero-order valence-corrected chi connectivity index (χ0v) is 14.9. The van der Waals surface area contributed by atoms with Crippen LogP contribution < -0.4 is 10.1 Å². The summed E-state index contributed by atoms with van der Waals surface area (Å²) >= 11 is 1.29. The van der Waals surface area contributed by atoms with Crippen molar-refractivity contribution < 1.29 is 14.3 Å². The molecule has 0 saturated heterocycles. The van der Waals surface area contributed by atoms with E-state index < -0.39 is 0 Å². The van der Waals surface area contributed by atoms with E-state index in [2.05, 4.69) is 20.5 Å². The summed E-state index contributed by atoms with van der Waals surface area (Å²) in [5.74, 6) is 1.36. The van der Waals surface area contributed by atoms with Crippen molar-refractivity contribution in [1.82, 2.24) is 20.5 Å². The number of aromatic nitrogens is 3. The highest BCUT2D eigenvalue weighted by molar-refractivity contribution is 8.00. The van der Waals surface area contributed by atoms with Crippen LogP contribution in [-0.2, 0) is 16.1 Å². The number of ether oxygens (including phenoxy) is 2. The molecule has 1 atom stereocenters. The minimum Gasteiger partial charge on any atom is -0.485 e. The molecular weight excluding hydrogens is 328 g/mol. The van der Waals surface area contributed by atoms with Gasteiger partial charge < -0.3 is 14.8 Å². The van der Waals surface area contributed by atoms with E-state index in [9.17, 15) is 4.79 Å². The molecule has 0 bridgehead atoms. The number of aryl methyl sites for hydroxylation is 1. The topological polar surface area (TPSA) is 89.1 Å². The summed E-state index contributed by atoms with van der Waals surface area (Å²) in [4.78, 5) is 16.2. The molecule has 0 aliphatic rings. The van der Waals surface area contributed by atoms with Crippen LogP contribution in [0.3, 0.4) is 0 Å². The minimum atomic E-state index is -0.289. The second kappa shape index (κ2) is 9.29. The lowest BCUT2D eigenvalue weighted by Crippen LogP contribution is -2.33. The van der Waals surface area contributed by atoms with Gasteiger partial charge in [-0.25, -0.2) is 4.98 Å². The van der Waals surface area contributed by atoms with Crippen LogP contribution in [0.4, 0.5) is 0 Å². The third kappa shape index (κ3) is 5.54. The van der Waals surface area contributed by atoms with Crippen LogP contribution in [0.1, 0.15) is 18.3 Å². The Bertz CT molecular complexity index is 662. The van der Waals surface area contributed by atoms with Crippen molar-refractivity contribution in [3.63, 3.8) is 0 Å². The van der Waals surface area contributed by atoms with Gasteiger partial charge in [0.25, 0.3) is 0 Å². The van der Waals surface area contributed by atoms with E-state index in [-0.39, 0.29) is 11.2 Å². The standard InChI is InChI=1S/C16H22N4O3S/c1-11-6-4-5-7-13(11)23-10-14-18-16(20-19-14)24-12(2)15(21)17-8-9-22-3/h4-7,12H,8-10H2,1-3H3,(H,17,21)(H,18,19,20)/t12-/m0/s1. The fourth-order valence-electron chi connectivity index (χ4n) is 1.89. The number of carbonyl (C=O) groups excluding carboxylic acids is 1. The first kappa shape index (κ1) is 18.3. The van der Waals surface area contributed by atoms with E-state index in [0.717, 1.165) is 11.3 Å². The average molecular weight is 350 g/mol. The van der Waals surface area contributed by atoms with Crippen LogP contribution in [-0.4, -0.2) is 46.6 Å². The second-order valence-electron chi connectivity index (χ2n) is 5.16. The third-order valence-corrected chi connectivity index (χ3v) is 4.19. The van der Waals surface area contributed by atoms with Crippen LogP contribution in [0.25, 0.3) is 0 Å². The molecule has 1 heterocycles. The molecule has 0 saturated carbocycles. The fourth-order valence-corrected chi connectivity index (χ4v) is 2.66. The van der Waals surface area contributed by atoms with Crippen LogP contribution in [0.5, 0.6) is 5.75 Å². The summed E-state index contributed by atoms with van der Waals surface area (Å²) in [6.45, 7) is 5.08. The molecule has 8 heteroatoms. The predicted octanol–water partition coefficient (Wildman–Crippen LogP) is 1.94. The molecular formula is C16H22N4O3S. The number of carbonyl (C=O) groups is 1. The van der Waals surface area contributed by atoms with Gasteiger partial charge in [-0.05, 0) is 25.5 Å². The number of H-pyrrole nitrogens is 1. The number of nitrogens with one attached hydrogen (secondary N) is 2. The summed E-state index contributed by atoms with van der Waals surface area (Å²) < 4.78 is 10.6. The zero-order valence-electron chi connectivity index (χ0n) is 14.0. The van der Waals surface area contributed by atoms with Crippen molar-refractivity contribution in [1.29, 1.82) is 0 Å². The molecule has 0 unspecified atom stereocenters. The molecule has 0 spiro atoms. The predicted molar refractivity (Wildman–Crippen MR) is 92.1 cm³/mol. The Morgan fingerprint density at radius 1 is 1.42 bits per heavy atom. The SMILES string of the molecule is COCCNC(=O)[C@H](C)Sc1n[nH]c(COc2ccccc2C)n1. The number of methoxy groups -OCH3 is 1. The first-order valence-electron chi connectivity index (χ1n) is 7.63. The highest BCUT2D eigenvalue weighted by Crippen LogP contribution is 2.20. The van der Waals surface area contributed by atoms with Gasteiger partial charge in [-0.2, -0.15) is 0 Å². The van der Waals surface area contributed by atoms with Crippen LogP contribution in [0, 0.1) is 6.92 Å². The van der Waals surface area contributed by atoms with Gasteiger partial charge in [0.2, 0.25) is 11.1 Å². The number of rotatable bonds is 9. The van der Waals surface area contributed by atoms with Gasteiger partial charge in [0.1, 0.15) is 12.4 Å². The molecule has 0 aliphatic carbocycles. The number of nitrogens with zero attached hydrogens (tertiary/aromatic N) is 2. The van der Waals surface area contributed by atoms with Gasteiger partial charge in [-0.15, -0.1) is 5.10 Å². The number of amides is 1. The molecule has 1 aromatic carbocycles. The number of hydrogen-bond acceptors (Lipinski definition) is 6. The van der Waals surface area contributed by atoms with Crippen molar-refractivity contribution in [3.8, 4) is 5.75 Å². The summed E-state index contributed by atoms with van der Waals surface area (Å²) in [6.07, 6.45) is 0. The maximum absolute atomic E-state index is 11.9. The molecule has 0 aliphatic heterocycles. The summed E-state index contributed by atoms with van der Waals surface area (Å²) in [7, 11) is 1.60. The van der Waals surface area contributed by atoms with Crippen molar-refractivity contribution in [2.45, 2.75) is 30.9 Å². The van der Waals surface area contributed by atoms with Gasteiger partial charge >= 0.3 is 0 Å². The van der Waals surface area contributed by atoms with Gasteiger partial charge in [-0.3, -0.25) is 9.89 Å². The largest absolute Gasteiger partial charge is 0.485 e. The van der Waals surface area contributed by atoms with E-state index in [4.69, 9.17) is 9.47 Å². The van der Waals surface area contributed by atoms with Crippen molar-refractivity contribution in [2.75, 3.05) is 20.3 Å². The van der Waals surface area contributed by atoms with E-state index in [0.29, 0.717) is 30.7 Å². The van der Waals surface area contributed by atoms with E-state index in [1.54, 1.807) is 7.11 Å². The Labute approximate surface area is 145 Å². The van der Waals surface area contributed by atoms with E-state index in [1.165, 1.54) is 11.8 Å². The quantitative estimate of drug-likeness (QED) is 0.531. The number of aromatic amines is 1. The monoisotopic (exact) mass is 350 g/mol. The van der Waals surface area contributed by atoms with Gasteiger partial charge in [-0.1, -0.05) is 30.0 Å². The molecule has 0 radical (unpaired) electrons. The highest BCUT2D eigenvalue weighted by atomic mass is 32.2. The van der Waals surface area contributed by atoms with Crippen molar-refractivity contribution >= 4 is 17.7 Å². The van der Waals surface area contributed by atoms with Crippen molar-refractivity contribution in [2.24, 2.45) is 0 Å². The van der Waals surface area contributed by atoms with E-state index in [1.807, 2.05) is 38.1 Å². The Hall–Kier alpha value is -2.06. The minimum absolute atomic E-state index is 0.0699. The zero-order chi connectivity index (χ0) is 17.4. The molecule has 130 valence electrons. The molecule has 2 N–H and O–H groups in total. The lowest BCUT2D eigenvalue weighted by molar-refractivity contribution is -0.120. The molecule has 1 aromatic heterocycles. The fraction of sp³-hybridized carbons (Fsp3) is 0.438. The van der Waals surface area contributed by atoms with Gasteiger partial charge in [0, 0.05) is 13.7 Å². The van der Waals surface area contributed by atoms with Crippen LogP contribution in [0.15, 0.2) is 29.4 Å². The number of para-hydroxylation sites is 1. The first-order chi connectivity index (χ1) is 11.6. The van der Waals surface area contributed by atoms with Crippen LogP contribution in [0.2, 0.25) is 0 Å². The Morgan fingerprint density at radius 3 is 2.96 bits per heavy atom. The molecule has 1 amide bonds. The summed E-state index contributed by atoms with van der Waals surface area (Å²) in [5, 5.41) is 9.97. The number of benzene rings is 1. The Balaban J connectivity index is 1.82. The normalized spacial score (nSPS) is 12.0. The summed E-state index contributed by atoms with van der Waals surface area (Å²) in [6, 6.07) is 7.78. The molecule has 2 rings (SSSR count). The second-order valence-corrected chi connectivity index (χ2v) is 6.47. The third-order valence-electron chi connectivity index (χ3n) is 3.23. The van der Waals surface area contributed by atoms with Gasteiger partial charge in [0.15, 0.2) is 5.82 Å². The molecule has 24 heavy (non-hydrogen) atoms. The number of hydrogen-bond donors (Lipinski definition) is 2. The van der Waals surface area contributed by atoms with E-state index >= 15 is 0 Å². The lowest BCUT2D eigenvalue weighted by Gasteiger charge is -2.09. The smallest absolute Gasteiger partial charge is 0.233 e. The maximum atomic E-state index is 11.9. The number of thioether (sulfide) groups is 1. The van der Waals surface area contributed by atoms with Gasteiger partial charge in [0.05, 0.1) is 11.9 Å².